The summed E-state index contributed by atoms with van der Waals surface area (Å²) in [4.78, 5) is 26.9. The summed E-state index contributed by atoms with van der Waals surface area (Å²) in [5.74, 6) is -1.23. The van der Waals surface area contributed by atoms with E-state index >= 15 is 0 Å². The average molecular weight is 375 g/mol. The molecule has 1 fully saturated rings. The molecule has 6 nitrogen and oxygen atoms in total. The molecule has 2 heterocycles. The summed E-state index contributed by atoms with van der Waals surface area (Å²) in [6.45, 7) is 1.74. The fraction of sp³-hybridized carbons (Fsp3) is 0.0909. The molecule has 4 rings (SSSR count). The minimum Gasteiger partial charge on any atom is -0.507 e. The van der Waals surface area contributed by atoms with Crippen molar-refractivity contribution in [3.63, 3.8) is 0 Å². The van der Waals surface area contributed by atoms with E-state index in [9.17, 15) is 19.8 Å². The third kappa shape index (κ3) is 2.75. The van der Waals surface area contributed by atoms with Crippen LogP contribution in [0.1, 0.15) is 23.1 Å². The van der Waals surface area contributed by atoms with Crippen molar-refractivity contribution in [3.05, 3.63) is 89.4 Å². The molecule has 1 atom stereocenters. The summed E-state index contributed by atoms with van der Waals surface area (Å²) >= 11 is 0. The minimum absolute atomic E-state index is 0.0891. The number of aryl methyl sites for hydroxylation is 1. The van der Waals surface area contributed by atoms with Crippen molar-refractivity contribution in [3.8, 4) is 5.75 Å². The number of aliphatic hydroxyl groups excluding tert-OH is 1. The second kappa shape index (κ2) is 6.74. The Bertz CT molecular complexity index is 1100. The zero-order valence-corrected chi connectivity index (χ0v) is 15.0. The summed E-state index contributed by atoms with van der Waals surface area (Å²) in [5, 5.41) is 21.1. The maximum atomic E-state index is 12.9. The highest BCUT2D eigenvalue weighted by molar-refractivity contribution is 6.51. The topological polar surface area (TPSA) is 91.0 Å². The number of carbonyl (C=O) groups is 2. The summed E-state index contributed by atoms with van der Waals surface area (Å²) in [7, 11) is 0. The van der Waals surface area contributed by atoms with Crippen molar-refractivity contribution in [2.24, 2.45) is 0 Å². The minimum atomic E-state index is -0.998. The van der Waals surface area contributed by atoms with Crippen molar-refractivity contribution in [2.45, 2.75) is 13.0 Å². The monoisotopic (exact) mass is 375 g/mol. The molecule has 28 heavy (non-hydrogen) atoms. The number of Topliss-reactive ketones (excluding diaryl/α,β-unsaturated/α-hetero) is 1. The van der Waals surface area contributed by atoms with E-state index < -0.39 is 17.7 Å². The van der Waals surface area contributed by atoms with Crippen molar-refractivity contribution < 1.29 is 24.2 Å². The second-order valence-electron chi connectivity index (χ2n) is 6.47. The molecule has 1 aromatic heterocycles. The standard InChI is InChI=1S/C22H17NO5/c1-13-11-12-17(28-13)19-18(20(25)14-7-3-2-4-8-14)21(26)22(27)23(19)15-9-5-6-10-16(15)24/h2-12,19,24-25H,1H3/b20-18-. The number of rotatable bonds is 3. The number of furan rings is 1. The lowest BCUT2D eigenvalue weighted by Crippen LogP contribution is -2.29. The highest BCUT2D eigenvalue weighted by atomic mass is 16.3. The van der Waals surface area contributed by atoms with Crippen LogP contribution in [0.3, 0.4) is 0 Å². The van der Waals surface area contributed by atoms with Crippen LogP contribution in [0.15, 0.2) is 76.7 Å². The summed E-state index contributed by atoms with van der Waals surface area (Å²) in [5.41, 5.74) is 0.482. The van der Waals surface area contributed by atoms with Gasteiger partial charge in [0.1, 0.15) is 29.1 Å². The Hall–Kier alpha value is -3.80. The predicted molar refractivity (Wildman–Crippen MR) is 103 cm³/mol. The third-order valence-electron chi connectivity index (χ3n) is 4.66. The largest absolute Gasteiger partial charge is 0.507 e. The van der Waals surface area contributed by atoms with Gasteiger partial charge >= 0.3 is 0 Å². The molecule has 0 bridgehead atoms. The van der Waals surface area contributed by atoms with Crippen molar-refractivity contribution >= 4 is 23.1 Å². The van der Waals surface area contributed by atoms with Gasteiger partial charge in [0, 0.05) is 5.56 Å². The number of benzene rings is 2. The number of amides is 1. The van der Waals surface area contributed by atoms with Gasteiger partial charge in [0.15, 0.2) is 0 Å². The fourth-order valence-electron chi connectivity index (χ4n) is 3.37. The van der Waals surface area contributed by atoms with Gasteiger partial charge < -0.3 is 14.6 Å². The zero-order chi connectivity index (χ0) is 19.8. The SMILES string of the molecule is Cc1ccc(C2/C(=C(/O)c3ccccc3)C(=O)C(=O)N2c2ccccc2O)o1. The van der Waals surface area contributed by atoms with E-state index in [0.29, 0.717) is 17.1 Å². The summed E-state index contributed by atoms with van der Waals surface area (Å²) < 4.78 is 5.70. The first-order valence-electron chi connectivity index (χ1n) is 8.70. The van der Waals surface area contributed by atoms with Crippen LogP contribution >= 0.6 is 0 Å². The van der Waals surface area contributed by atoms with E-state index in [-0.39, 0.29) is 22.8 Å². The van der Waals surface area contributed by atoms with Crippen LogP contribution in [0.25, 0.3) is 5.76 Å². The first-order chi connectivity index (χ1) is 13.5. The fourth-order valence-corrected chi connectivity index (χ4v) is 3.37. The van der Waals surface area contributed by atoms with E-state index in [0.717, 1.165) is 4.90 Å². The smallest absolute Gasteiger partial charge is 0.300 e. The van der Waals surface area contributed by atoms with Gasteiger partial charge in [-0.05, 0) is 31.2 Å². The highest BCUT2D eigenvalue weighted by Crippen LogP contribution is 2.44. The molecule has 3 aromatic rings. The Balaban J connectivity index is 1.97. The van der Waals surface area contributed by atoms with Crippen molar-refractivity contribution in [2.75, 3.05) is 4.90 Å². The Morgan fingerprint density at radius 1 is 0.964 bits per heavy atom. The molecule has 140 valence electrons. The number of hydrogen-bond donors (Lipinski definition) is 2. The third-order valence-corrected chi connectivity index (χ3v) is 4.66. The lowest BCUT2D eigenvalue weighted by molar-refractivity contribution is -0.132. The lowest BCUT2D eigenvalue weighted by atomic mass is 9.99. The van der Waals surface area contributed by atoms with E-state index in [1.54, 1.807) is 61.5 Å². The van der Waals surface area contributed by atoms with Crippen molar-refractivity contribution in [1.82, 2.24) is 0 Å². The van der Waals surface area contributed by atoms with Crippen LogP contribution in [-0.4, -0.2) is 21.9 Å². The van der Waals surface area contributed by atoms with Gasteiger partial charge in [-0.3, -0.25) is 14.5 Å². The highest BCUT2D eigenvalue weighted by Gasteiger charge is 2.49. The number of anilines is 1. The van der Waals surface area contributed by atoms with Crippen LogP contribution in [-0.2, 0) is 9.59 Å². The molecular formula is C22H17NO5. The van der Waals surface area contributed by atoms with Crippen LogP contribution < -0.4 is 4.90 Å². The zero-order valence-electron chi connectivity index (χ0n) is 15.0. The number of nitrogens with zero attached hydrogens (tertiary/aromatic N) is 1. The van der Waals surface area contributed by atoms with Crippen LogP contribution in [0.5, 0.6) is 5.75 Å². The molecule has 1 aliphatic heterocycles. The molecule has 6 heteroatoms. The first-order valence-corrected chi connectivity index (χ1v) is 8.70. The lowest BCUT2D eigenvalue weighted by Gasteiger charge is -2.24. The molecule has 2 N–H and O–H groups in total. The molecule has 1 aliphatic rings. The van der Waals surface area contributed by atoms with Gasteiger partial charge in [-0.25, -0.2) is 0 Å². The first kappa shape index (κ1) is 17.6. The number of aliphatic hydroxyl groups is 1. The number of aromatic hydroxyl groups is 1. The molecule has 0 radical (unpaired) electrons. The Labute approximate surface area is 161 Å². The number of phenols is 1. The normalized spacial score (nSPS) is 18.6. The molecule has 1 saturated heterocycles. The van der Waals surface area contributed by atoms with Crippen LogP contribution in [0, 0.1) is 6.92 Å². The molecule has 0 aliphatic carbocycles. The van der Waals surface area contributed by atoms with Crippen molar-refractivity contribution in [1.29, 1.82) is 0 Å². The Morgan fingerprint density at radius 2 is 1.64 bits per heavy atom. The van der Waals surface area contributed by atoms with Gasteiger partial charge in [-0.1, -0.05) is 42.5 Å². The quantitative estimate of drug-likeness (QED) is 0.411. The number of phenolic OH excluding ortho intramolecular Hbond substituents is 1. The molecule has 1 unspecified atom stereocenters. The van der Waals surface area contributed by atoms with Gasteiger partial charge in [0.05, 0.1) is 11.3 Å². The number of hydrogen-bond acceptors (Lipinski definition) is 5. The Kier molecular flexibility index (Phi) is 4.24. The molecule has 1 amide bonds. The van der Waals surface area contributed by atoms with Crippen LogP contribution in [0.4, 0.5) is 5.69 Å². The predicted octanol–water partition coefficient (Wildman–Crippen LogP) is 3.92. The molecular weight excluding hydrogens is 358 g/mol. The Morgan fingerprint density at radius 3 is 2.29 bits per heavy atom. The van der Waals surface area contributed by atoms with E-state index in [4.69, 9.17) is 4.42 Å². The van der Waals surface area contributed by atoms with Crippen LogP contribution in [0.2, 0.25) is 0 Å². The van der Waals surface area contributed by atoms with E-state index in [1.165, 1.54) is 12.1 Å². The van der Waals surface area contributed by atoms with E-state index in [1.807, 2.05) is 0 Å². The van der Waals surface area contributed by atoms with Gasteiger partial charge in [-0.15, -0.1) is 0 Å². The van der Waals surface area contributed by atoms with Gasteiger partial charge in [0.2, 0.25) is 0 Å². The number of para-hydroxylation sites is 2. The van der Waals surface area contributed by atoms with Gasteiger partial charge in [0.25, 0.3) is 11.7 Å². The summed E-state index contributed by atoms with van der Waals surface area (Å²) in [6, 6.07) is 17.1. The van der Waals surface area contributed by atoms with E-state index in [2.05, 4.69) is 0 Å². The molecule has 0 spiro atoms. The number of carbonyl (C=O) groups excluding carboxylic acids is 2. The average Bonchev–Trinajstić information content (AvgIpc) is 3.24. The number of ketones is 1. The molecule has 2 aromatic carbocycles. The maximum Gasteiger partial charge on any atom is 0.300 e. The summed E-state index contributed by atoms with van der Waals surface area (Å²) in [6.07, 6.45) is 0. The van der Waals surface area contributed by atoms with Gasteiger partial charge in [-0.2, -0.15) is 0 Å². The maximum absolute atomic E-state index is 12.9. The molecule has 0 saturated carbocycles. The second-order valence-corrected chi connectivity index (χ2v) is 6.47.